The summed E-state index contributed by atoms with van der Waals surface area (Å²) < 4.78 is 5.46. The molecule has 0 aliphatic carbocycles. The zero-order valence-electron chi connectivity index (χ0n) is 10.7. The Bertz CT molecular complexity index is 367. The fourth-order valence-corrected chi connectivity index (χ4v) is 1.65. The Hall–Kier alpha value is -1.37. The zero-order chi connectivity index (χ0) is 12.7. The quantitative estimate of drug-likeness (QED) is 0.820. The SMILES string of the molecule is CCOC(C)CNC(C)c1ccc(C#N)cc1. The number of nitrogens with one attached hydrogen (secondary N) is 1. The van der Waals surface area contributed by atoms with Gasteiger partial charge in [-0.3, -0.25) is 0 Å². The van der Waals surface area contributed by atoms with E-state index in [0.717, 1.165) is 13.2 Å². The molecular weight excluding hydrogens is 212 g/mol. The second kappa shape index (κ2) is 7.05. The minimum atomic E-state index is 0.223. The maximum Gasteiger partial charge on any atom is 0.0991 e. The second-order valence-electron chi connectivity index (χ2n) is 4.13. The summed E-state index contributed by atoms with van der Waals surface area (Å²) in [5.41, 5.74) is 1.89. The van der Waals surface area contributed by atoms with Gasteiger partial charge < -0.3 is 10.1 Å². The molecule has 0 aliphatic rings. The normalized spacial score (nSPS) is 14.0. The first kappa shape index (κ1) is 13.7. The molecule has 0 bridgehead atoms. The van der Waals surface area contributed by atoms with Gasteiger partial charge in [-0.2, -0.15) is 5.26 Å². The van der Waals surface area contributed by atoms with Crippen LogP contribution in [0.3, 0.4) is 0 Å². The van der Waals surface area contributed by atoms with Crippen LogP contribution in [0.1, 0.15) is 37.9 Å². The number of rotatable bonds is 6. The lowest BCUT2D eigenvalue weighted by molar-refractivity contribution is 0.0743. The van der Waals surface area contributed by atoms with Gasteiger partial charge in [0.2, 0.25) is 0 Å². The van der Waals surface area contributed by atoms with Crippen molar-refractivity contribution < 1.29 is 4.74 Å². The van der Waals surface area contributed by atoms with E-state index >= 15 is 0 Å². The largest absolute Gasteiger partial charge is 0.377 e. The van der Waals surface area contributed by atoms with E-state index in [0.29, 0.717) is 5.56 Å². The molecule has 0 heterocycles. The first-order valence-corrected chi connectivity index (χ1v) is 6.02. The van der Waals surface area contributed by atoms with E-state index in [2.05, 4.69) is 25.2 Å². The van der Waals surface area contributed by atoms with Gasteiger partial charge in [0, 0.05) is 19.2 Å². The molecule has 0 aromatic heterocycles. The Kier molecular flexibility index (Phi) is 5.68. The lowest BCUT2D eigenvalue weighted by atomic mass is 10.1. The number of ether oxygens (including phenoxy) is 1. The number of hydrogen-bond acceptors (Lipinski definition) is 3. The van der Waals surface area contributed by atoms with Crippen LogP contribution in [0.25, 0.3) is 0 Å². The van der Waals surface area contributed by atoms with E-state index < -0.39 is 0 Å². The Morgan fingerprint density at radius 3 is 2.47 bits per heavy atom. The van der Waals surface area contributed by atoms with E-state index in [1.807, 2.05) is 31.2 Å². The highest BCUT2D eigenvalue weighted by atomic mass is 16.5. The summed E-state index contributed by atoms with van der Waals surface area (Å²) in [5.74, 6) is 0. The molecule has 2 atom stereocenters. The van der Waals surface area contributed by atoms with Gasteiger partial charge in [0.1, 0.15) is 0 Å². The molecule has 0 spiro atoms. The minimum Gasteiger partial charge on any atom is -0.377 e. The van der Waals surface area contributed by atoms with Gasteiger partial charge in [-0.15, -0.1) is 0 Å². The first-order chi connectivity index (χ1) is 8.17. The molecular formula is C14H20N2O. The van der Waals surface area contributed by atoms with Crippen molar-refractivity contribution in [1.29, 1.82) is 5.26 Å². The highest BCUT2D eigenvalue weighted by molar-refractivity contribution is 5.32. The molecule has 0 saturated heterocycles. The predicted octanol–water partition coefficient (Wildman–Crippen LogP) is 2.63. The molecule has 1 N–H and O–H groups in total. The standard InChI is InChI=1S/C14H20N2O/c1-4-17-11(2)10-16-12(3)14-7-5-13(9-15)6-8-14/h5-8,11-12,16H,4,10H2,1-3H3. The number of nitrogens with zero attached hydrogens (tertiary/aromatic N) is 1. The lowest BCUT2D eigenvalue weighted by Gasteiger charge is -2.18. The molecule has 17 heavy (non-hydrogen) atoms. The van der Waals surface area contributed by atoms with E-state index in [4.69, 9.17) is 10.00 Å². The van der Waals surface area contributed by atoms with Crippen LogP contribution in [0.5, 0.6) is 0 Å². The van der Waals surface area contributed by atoms with Crippen LogP contribution in [-0.2, 0) is 4.74 Å². The van der Waals surface area contributed by atoms with Gasteiger partial charge in [0.05, 0.1) is 17.7 Å². The fraction of sp³-hybridized carbons (Fsp3) is 0.500. The van der Waals surface area contributed by atoms with Crippen LogP contribution >= 0.6 is 0 Å². The number of benzene rings is 1. The summed E-state index contributed by atoms with van der Waals surface area (Å²) >= 11 is 0. The molecule has 1 aromatic carbocycles. The van der Waals surface area contributed by atoms with Gasteiger partial charge in [-0.1, -0.05) is 12.1 Å². The fourth-order valence-electron chi connectivity index (χ4n) is 1.65. The average molecular weight is 232 g/mol. The van der Waals surface area contributed by atoms with E-state index in [9.17, 15) is 0 Å². The highest BCUT2D eigenvalue weighted by Crippen LogP contribution is 2.13. The van der Waals surface area contributed by atoms with Gasteiger partial charge in [0.25, 0.3) is 0 Å². The third-order valence-corrected chi connectivity index (χ3v) is 2.70. The molecule has 3 heteroatoms. The Morgan fingerprint density at radius 2 is 1.94 bits per heavy atom. The summed E-state index contributed by atoms with van der Waals surface area (Å²) in [7, 11) is 0. The van der Waals surface area contributed by atoms with Crippen molar-refractivity contribution in [2.24, 2.45) is 0 Å². The van der Waals surface area contributed by atoms with Gasteiger partial charge >= 0.3 is 0 Å². The van der Waals surface area contributed by atoms with E-state index in [1.165, 1.54) is 5.56 Å². The van der Waals surface area contributed by atoms with Gasteiger partial charge in [0.15, 0.2) is 0 Å². The van der Waals surface area contributed by atoms with Crippen molar-refractivity contribution in [3.63, 3.8) is 0 Å². The molecule has 92 valence electrons. The molecule has 1 aromatic rings. The molecule has 2 unspecified atom stereocenters. The summed E-state index contributed by atoms with van der Waals surface area (Å²) in [5, 5.41) is 12.1. The predicted molar refractivity (Wildman–Crippen MR) is 68.7 cm³/mol. The van der Waals surface area contributed by atoms with Crippen LogP contribution in [0, 0.1) is 11.3 Å². The number of hydrogen-bond donors (Lipinski definition) is 1. The Morgan fingerprint density at radius 1 is 1.29 bits per heavy atom. The molecule has 0 radical (unpaired) electrons. The van der Waals surface area contributed by atoms with E-state index in [1.54, 1.807) is 0 Å². The summed E-state index contributed by atoms with van der Waals surface area (Å²) in [6.45, 7) is 7.74. The van der Waals surface area contributed by atoms with Crippen LogP contribution in [0.4, 0.5) is 0 Å². The topological polar surface area (TPSA) is 45.0 Å². The maximum atomic E-state index is 8.72. The van der Waals surface area contributed by atoms with Crippen molar-refractivity contribution in [3.8, 4) is 6.07 Å². The zero-order valence-corrected chi connectivity index (χ0v) is 10.7. The smallest absolute Gasteiger partial charge is 0.0991 e. The molecule has 0 aliphatic heterocycles. The van der Waals surface area contributed by atoms with Crippen LogP contribution < -0.4 is 5.32 Å². The van der Waals surface area contributed by atoms with Crippen molar-refractivity contribution in [1.82, 2.24) is 5.32 Å². The monoisotopic (exact) mass is 232 g/mol. The summed E-state index contributed by atoms with van der Waals surface area (Å²) in [6, 6.07) is 10.1. The molecule has 3 nitrogen and oxygen atoms in total. The third-order valence-electron chi connectivity index (χ3n) is 2.70. The van der Waals surface area contributed by atoms with Crippen molar-refractivity contribution in [2.45, 2.75) is 32.9 Å². The first-order valence-electron chi connectivity index (χ1n) is 6.02. The Labute approximate surface area is 103 Å². The second-order valence-corrected chi connectivity index (χ2v) is 4.13. The van der Waals surface area contributed by atoms with Crippen molar-refractivity contribution >= 4 is 0 Å². The maximum absolute atomic E-state index is 8.72. The molecule has 0 saturated carbocycles. The van der Waals surface area contributed by atoms with Gasteiger partial charge in [-0.05, 0) is 38.5 Å². The van der Waals surface area contributed by atoms with Crippen molar-refractivity contribution in [3.05, 3.63) is 35.4 Å². The summed E-state index contributed by atoms with van der Waals surface area (Å²) in [4.78, 5) is 0. The Balaban J connectivity index is 2.46. The summed E-state index contributed by atoms with van der Waals surface area (Å²) in [6.07, 6.45) is 0.223. The van der Waals surface area contributed by atoms with Crippen molar-refractivity contribution in [2.75, 3.05) is 13.2 Å². The number of nitriles is 1. The van der Waals surface area contributed by atoms with Crippen LogP contribution in [0.15, 0.2) is 24.3 Å². The third kappa shape index (κ3) is 4.56. The molecule has 0 fully saturated rings. The van der Waals surface area contributed by atoms with E-state index in [-0.39, 0.29) is 12.1 Å². The average Bonchev–Trinajstić information content (AvgIpc) is 2.36. The minimum absolute atomic E-state index is 0.223. The van der Waals surface area contributed by atoms with Gasteiger partial charge in [-0.25, -0.2) is 0 Å². The molecule has 0 amide bonds. The molecule has 1 rings (SSSR count). The van der Waals surface area contributed by atoms with Crippen LogP contribution in [-0.4, -0.2) is 19.3 Å². The highest BCUT2D eigenvalue weighted by Gasteiger charge is 2.07. The van der Waals surface area contributed by atoms with Crippen LogP contribution in [0.2, 0.25) is 0 Å². The lowest BCUT2D eigenvalue weighted by Crippen LogP contribution is -2.29.